The molecule has 112 valence electrons. The normalized spacial score (nSPS) is 17.9. The Bertz CT molecular complexity index is 454. The third-order valence-corrected chi connectivity index (χ3v) is 5.94. The van der Waals surface area contributed by atoms with E-state index in [0.29, 0.717) is 5.91 Å². The van der Waals surface area contributed by atoms with E-state index in [1.165, 1.54) is 4.88 Å². The van der Waals surface area contributed by atoms with Crippen LogP contribution < -0.4 is 5.32 Å². The number of amides is 1. The van der Waals surface area contributed by atoms with E-state index >= 15 is 0 Å². The molecule has 1 aromatic rings. The second-order valence-electron chi connectivity index (χ2n) is 5.41. The Labute approximate surface area is 133 Å². The number of nitrogens with zero attached hydrogens (tertiary/aromatic N) is 1. The zero-order chi connectivity index (χ0) is 14.6. The van der Waals surface area contributed by atoms with E-state index in [4.69, 9.17) is 0 Å². The van der Waals surface area contributed by atoms with Crippen LogP contribution in [-0.2, 0) is 11.3 Å². The van der Waals surface area contributed by atoms with Crippen molar-refractivity contribution in [2.75, 3.05) is 19.6 Å². The fraction of sp³-hybridized carbons (Fsp3) is 0.667. The molecule has 1 amide bonds. The molecule has 0 bridgehead atoms. The molecule has 0 spiro atoms. The Kier molecular flexibility index (Phi) is 5.64. The van der Waals surface area contributed by atoms with Gasteiger partial charge in [0.2, 0.25) is 5.91 Å². The lowest BCUT2D eigenvalue weighted by molar-refractivity contribution is -0.144. The summed E-state index contributed by atoms with van der Waals surface area (Å²) in [6.07, 6.45) is 2.87. The molecule has 1 aromatic heterocycles. The van der Waals surface area contributed by atoms with Crippen LogP contribution in [-0.4, -0.2) is 30.4 Å². The first-order valence-corrected chi connectivity index (χ1v) is 8.96. The van der Waals surface area contributed by atoms with E-state index in [-0.39, 0.29) is 5.41 Å². The van der Waals surface area contributed by atoms with Gasteiger partial charge in [-0.05, 0) is 67.3 Å². The first-order chi connectivity index (χ1) is 9.61. The Hall–Kier alpha value is -0.390. The second kappa shape index (κ2) is 7.05. The SMILES string of the molecule is CCN(Cc1ccc(Br)s1)C(=O)C1(CC)CCNCC1. The number of rotatable bonds is 5. The van der Waals surface area contributed by atoms with Crippen molar-refractivity contribution in [3.63, 3.8) is 0 Å². The molecule has 0 aliphatic carbocycles. The van der Waals surface area contributed by atoms with E-state index in [1.807, 2.05) is 4.90 Å². The summed E-state index contributed by atoms with van der Waals surface area (Å²) in [4.78, 5) is 16.2. The summed E-state index contributed by atoms with van der Waals surface area (Å²) in [6.45, 7) is 7.66. The quantitative estimate of drug-likeness (QED) is 0.871. The van der Waals surface area contributed by atoms with Gasteiger partial charge >= 0.3 is 0 Å². The fourth-order valence-electron chi connectivity index (χ4n) is 2.91. The van der Waals surface area contributed by atoms with Gasteiger partial charge in [-0.15, -0.1) is 11.3 Å². The summed E-state index contributed by atoms with van der Waals surface area (Å²) in [7, 11) is 0. The summed E-state index contributed by atoms with van der Waals surface area (Å²) < 4.78 is 1.13. The molecule has 3 nitrogen and oxygen atoms in total. The zero-order valence-electron chi connectivity index (χ0n) is 12.2. The van der Waals surface area contributed by atoms with Crippen molar-refractivity contribution in [1.29, 1.82) is 0 Å². The van der Waals surface area contributed by atoms with Crippen molar-refractivity contribution in [2.24, 2.45) is 5.41 Å². The van der Waals surface area contributed by atoms with Crippen molar-refractivity contribution in [2.45, 2.75) is 39.7 Å². The molecule has 2 rings (SSSR count). The van der Waals surface area contributed by atoms with Crippen LogP contribution in [0.25, 0.3) is 0 Å². The van der Waals surface area contributed by atoms with Gasteiger partial charge in [0, 0.05) is 11.4 Å². The number of carbonyl (C=O) groups excluding carboxylic acids is 1. The molecule has 1 N–H and O–H groups in total. The second-order valence-corrected chi connectivity index (χ2v) is 7.96. The number of hydrogen-bond donors (Lipinski definition) is 1. The van der Waals surface area contributed by atoms with Crippen molar-refractivity contribution >= 4 is 33.2 Å². The number of halogens is 1. The van der Waals surface area contributed by atoms with Crippen LogP contribution >= 0.6 is 27.3 Å². The van der Waals surface area contributed by atoms with Gasteiger partial charge < -0.3 is 10.2 Å². The van der Waals surface area contributed by atoms with Crippen LogP contribution in [0.15, 0.2) is 15.9 Å². The van der Waals surface area contributed by atoms with E-state index in [1.54, 1.807) is 11.3 Å². The summed E-state index contributed by atoms with van der Waals surface area (Å²) in [5.74, 6) is 0.341. The summed E-state index contributed by atoms with van der Waals surface area (Å²) in [5, 5.41) is 3.36. The number of hydrogen-bond acceptors (Lipinski definition) is 3. The maximum Gasteiger partial charge on any atom is 0.229 e. The molecule has 5 heteroatoms. The highest BCUT2D eigenvalue weighted by atomic mass is 79.9. The van der Waals surface area contributed by atoms with E-state index in [9.17, 15) is 4.79 Å². The molecule has 1 fully saturated rings. The highest BCUT2D eigenvalue weighted by Gasteiger charge is 2.40. The van der Waals surface area contributed by atoms with Crippen LogP contribution in [0.1, 0.15) is 38.0 Å². The first-order valence-electron chi connectivity index (χ1n) is 7.35. The van der Waals surface area contributed by atoms with Gasteiger partial charge in [0.15, 0.2) is 0 Å². The summed E-state index contributed by atoms with van der Waals surface area (Å²) >= 11 is 5.20. The van der Waals surface area contributed by atoms with Gasteiger partial charge in [0.1, 0.15) is 0 Å². The third kappa shape index (κ3) is 3.43. The van der Waals surface area contributed by atoms with Crippen LogP contribution in [0.5, 0.6) is 0 Å². The molecule has 2 heterocycles. The predicted octanol–water partition coefficient (Wildman–Crippen LogP) is 3.64. The highest BCUT2D eigenvalue weighted by molar-refractivity contribution is 9.11. The number of carbonyl (C=O) groups is 1. The molecule has 20 heavy (non-hydrogen) atoms. The molecule has 0 unspecified atom stereocenters. The van der Waals surface area contributed by atoms with Gasteiger partial charge in [0.05, 0.1) is 15.7 Å². The first kappa shape index (κ1) is 16.0. The Morgan fingerprint density at radius 1 is 1.40 bits per heavy atom. The Balaban J connectivity index is 2.11. The van der Waals surface area contributed by atoms with Crippen molar-refractivity contribution in [1.82, 2.24) is 10.2 Å². The van der Waals surface area contributed by atoms with Gasteiger partial charge in [-0.2, -0.15) is 0 Å². The smallest absolute Gasteiger partial charge is 0.229 e. The maximum absolute atomic E-state index is 13.0. The standard InChI is InChI=1S/C15H23BrN2OS/c1-3-15(7-9-17-10-8-15)14(19)18(4-2)11-12-5-6-13(16)20-12/h5-6,17H,3-4,7-11H2,1-2H3. The number of thiophene rings is 1. The molecule has 1 saturated heterocycles. The van der Waals surface area contributed by atoms with E-state index in [2.05, 4.69) is 47.2 Å². The lowest BCUT2D eigenvalue weighted by Crippen LogP contribution is -2.48. The molecule has 0 atom stereocenters. The molecule has 1 aliphatic heterocycles. The topological polar surface area (TPSA) is 32.3 Å². The molecule has 0 radical (unpaired) electrons. The van der Waals surface area contributed by atoms with Crippen LogP contribution in [0, 0.1) is 5.41 Å². The molecular formula is C15H23BrN2OS. The minimum atomic E-state index is -0.143. The fourth-order valence-corrected chi connectivity index (χ4v) is 4.41. The average molecular weight is 359 g/mol. The van der Waals surface area contributed by atoms with Crippen LogP contribution in [0.4, 0.5) is 0 Å². The molecular weight excluding hydrogens is 336 g/mol. The molecule has 0 aromatic carbocycles. The predicted molar refractivity (Wildman–Crippen MR) is 87.9 cm³/mol. The average Bonchev–Trinajstić information content (AvgIpc) is 2.90. The van der Waals surface area contributed by atoms with Crippen molar-refractivity contribution < 1.29 is 4.79 Å². The highest BCUT2D eigenvalue weighted by Crippen LogP contribution is 2.35. The Morgan fingerprint density at radius 3 is 2.60 bits per heavy atom. The van der Waals surface area contributed by atoms with Gasteiger partial charge in [-0.25, -0.2) is 0 Å². The Morgan fingerprint density at radius 2 is 2.10 bits per heavy atom. The monoisotopic (exact) mass is 358 g/mol. The minimum absolute atomic E-state index is 0.143. The van der Waals surface area contributed by atoms with Crippen molar-refractivity contribution in [3.05, 3.63) is 20.8 Å². The van der Waals surface area contributed by atoms with Crippen molar-refractivity contribution in [3.8, 4) is 0 Å². The van der Waals surface area contributed by atoms with Gasteiger partial charge in [-0.3, -0.25) is 4.79 Å². The van der Waals surface area contributed by atoms with Crippen LogP contribution in [0.3, 0.4) is 0 Å². The largest absolute Gasteiger partial charge is 0.337 e. The minimum Gasteiger partial charge on any atom is -0.337 e. The summed E-state index contributed by atoms with van der Waals surface area (Å²) in [6, 6.07) is 4.16. The maximum atomic E-state index is 13.0. The van der Waals surface area contributed by atoms with Gasteiger partial charge in [0.25, 0.3) is 0 Å². The lowest BCUT2D eigenvalue weighted by atomic mass is 9.75. The van der Waals surface area contributed by atoms with E-state index < -0.39 is 0 Å². The third-order valence-electron chi connectivity index (χ3n) is 4.34. The molecule has 0 saturated carbocycles. The van der Waals surface area contributed by atoms with Crippen LogP contribution in [0.2, 0.25) is 0 Å². The number of nitrogens with one attached hydrogen (secondary N) is 1. The van der Waals surface area contributed by atoms with E-state index in [0.717, 1.165) is 49.2 Å². The molecule has 1 aliphatic rings. The summed E-state index contributed by atoms with van der Waals surface area (Å²) in [5.41, 5.74) is -0.143. The van der Waals surface area contributed by atoms with Gasteiger partial charge in [-0.1, -0.05) is 6.92 Å². The number of piperidine rings is 1. The lowest BCUT2D eigenvalue weighted by Gasteiger charge is -2.39. The zero-order valence-corrected chi connectivity index (χ0v) is 14.6.